The number of aliphatic imine (C=N–C) groups is 1. The summed E-state index contributed by atoms with van der Waals surface area (Å²) in [6.07, 6.45) is 0. The molecule has 4 nitrogen and oxygen atoms in total. The van der Waals surface area contributed by atoms with Crippen LogP contribution in [0.4, 0.5) is 0 Å². The van der Waals surface area contributed by atoms with Gasteiger partial charge in [-0.3, -0.25) is 14.7 Å². The number of nitrogens with two attached hydrogens (primary N) is 1. The van der Waals surface area contributed by atoms with Crippen LogP contribution in [0.1, 0.15) is 22.7 Å². The lowest BCUT2D eigenvalue weighted by Gasteiger charge is -2.32. The molecule has 2 aliphatic heterocycles. The molecule has 24 heavy (non-hydrogen) atoms. The van der Waals surface area contributed by atoms with E-state index in [1.807, 2.05) is 66.9 Å². The van der Waals surface area contributed by atoms with E-state index in [0.29, 0.717) is 5.17 Å². The van der Waals surface area contributed by atoms with Crippen molar-refractivity contribution in [3.8, 4) is 0 Å². The van der Waals surface area contributed by atoms with Crippen molar-refractivity contribution in [1.29, 1.82) is 0 Å². The Morgan fingerprint density at radius 2 is 1.79 bits per heavy atom. The largest absolute Gasteiger partial charge is 0.318 e. The number of benzene rings is 2. The second-order valence-corrected chi connectivity index (χ2v) is 6.79. The van der Waals surface area contributed by atoms with Crippen molar-refractivity contribution in [2.75, 3.05) is 0 Å². The number of hydrogen-bond acceptors (Lipinski definition) is 4. The van der Waals surface area contributed by atoms with Gasteiger partial charge >= 0.3 is 0 Å². The highest BCUT2D eigenvalue weighted by molar-refractivity contribution is 8.16. The highest BCUT2D eigenvalue weighted by atomic mass is 32.2. The van der Waals surface area contributed by atoms with E-state index in [-0.39, 0.29) is 11.9 Å². The maximum absolute atomic E-state index is 12.9. The maximum Gasteiger partial charge on any atom is 0.252 e. The number of aryl methyl sites for hydroxylation is 1. The first-order chi connectivity index (χ1) is 11.6. The number of amidine groups is 1. The number of hydrogen-bond donors (Lipinski definition) is 1. The average Bonchev–Trinajstić information content (AvgIpc) is 3.03. The highest BCUT2D eigenvalue weighted by Crippen LogP contribution is 2.39. The molecule has 2 heterocycles. The van der Waals surface area contributed by atoms with Crippen LogP contribution in [0.15, 0.2) is 65.0 Å². The van der Waals surface area contributed by atoms with E-state index in [4.69, 9.17) is 10.7 Å². The summed E-state index contributed by atoms with van der Waals surface area (Å²) >= 11 is 1.48. The summed E-state index contributed by atoms with van der Waals surface area (Å²) in [6.45, 7) is 2.04. The van der Waals surface area contributed by atoms with Crippen molar-refractivity contribution in [1.82, 2.24) is 4.90 Å². The second-order valence-electron chi connectivity index (χ2n) is 5.95. The molecule has 1 amide bonds. The zero-order valence-electron chi connectivity index (χ0n) is 13.2. The first kappa shape index (κ1) is 15.2. The van der Waals surface area contributed by atoms with Gasteiger partial charge in [0, 0.05) is 5.41 Å². The number of thioether (sulfide) groups is 1. The van der Waals surface area contributed by atoms with Gasteiger partial charge in [0.2, 0.25) is 0 Å². The van der Waals surface area contributed by atoms with Crippen LogP contribution in [0.5, 0.6) is 0 Å². The van der Waals surface area contributed by atoms with Crippen molar-refractivity contribution in [2.45, 2.75) is 19.0 Å². The molecule has 0 spiro atoms. The normalized spacial score (nSPS) is 22.9. The zero-order chi connectivity index (χ0) is 16.7. The molecular formula is C19H17N3OS. The minimum Gasteiger partial charge on any atom is -0.318 e. The Kier molecular flexibility index (Phi) is 3.75. The van der Waals surface area contributed by atoms with Crippen LogP contribution in [-0.4, -0.2) is 22.0 Å². The fraction of sp³-hybridized carbons (Fsp3) is 0.158. The van der Waals surface area contributed by atoms with E-state index in [9.17, 15) is 4.79 Å². The molecule has 2 atom stereocenters. The van der Waals surface area contributed by atoms with Crippen LogP contribution in [0.3, 0.4) is 0 Å². The lowest BCUT2D eigenvalue weighted by molar-refractivity contribution is -0.127. The lowest BCUT2D eigenvalue weighted by atomic mass is 9.97. The van der Waals surface area contributed by atoms with Crippen LogP contribution in [0.2, 0.25) is 0 Å². The average molecular weight is 335 g/mol. The molecule has 0 unspecified atom stereocenters. The molecule has 5 heteroatoms. The van der Waals surface area contributed by atoms with Crippen LogP contribution in [-0.2, 0) is 4.79 Å². The number of fused-ring (bicyclic) bond motifs is 1. The van der Waals surface area contributed by atoms with E-state index in [1.54, 1.807) is 4.90 Å². The SMILES string of the molecule is Cc1ccc(C2=CSC3=N[C@H](c4ccccc4)[C@H](N)C(=O)N23)cc1. The molecule has 4 rings (SSSR count). The maximum atomic E-state index is 12.9. The second kappa shape index (κ2) is 5.92. The zero-order valence-corrected chi connectivity index (χ0v) is 14.0. The summed E-state index contributed by atoms with van der Waals surface area (Å²) in [5.74, 6) is -0.106. The Labute approximate surface area is 145 Å². The molecule has 2 aromatic carbocycles. The topological polar surface area (TPSA) is 58.7 Å². The van der Waals surface area contributed by atoms with Gasteiger partial charge in [-0.25, -0.2) is 0 Å². The van der Waals surface area contributed by atoms with Gasteiger partial charge in [-0.15, -0.1) is 0 Å². The highest BCUT2D eigenvalue weighted by Gasteiger charge is 2.41. The predicted octanol–water partition coefficient (Wildman–Crippen LogP) is 3.31. The third-order valence-corrected chi connectivity index (χ3v) is 5.13. The van der Waals surface area contributed by atoms with Crippen LogP contribution < -0.4 is 5.73 Å². The fourth-order valence-electron chi connectivity index (χ4n) is 2.96. The molecule has 120 valence electrons. The third-order valence-electron chi connectivity index (χ3n) is 4.29. The number of rotatable bonds is 2. The van der Waals surface area contributed by atoms with Gasteiger partial charge in [0.05, 0.1) is 5.70 Å². The van der Waals surface area contributed by atoms with Gasteiger partial charge < -0.3 is 5.73 Å². The summed E-state index contributed by atoms with van der Waals surface area (Å²) in [6, 6.07) is 16.9. The molecule has 0 aromatic heterocycles. The summed E-state index contributed by atoms with van der Waals surface area (Å²) in [5.41, 5.74) is 10.2. The number of carbonyl (C=O) groups excluding carboxylic acids is 1. The Bertz CT molecular complexity index is 843. The van der Waals surface area contributed by atoms with Crippen LogP contribution in [0, 0.1) is 6.92 Å². The molecule has 0 aliphatic carbocycles. The number of amides is 1. The van der Waals surface area contributed by atoms with Crippen LogP contribution in [0.25, 0.3) is 5.70 Å². The number of carbonyl (C=O) groups is 1. The first-order valence-electron chi connectivity index (χ1n) is 7.81. The van der Waals surface area contributed by atoms with Gasteiger partial charge in [0.25, 0.3) is 5.91 Å². The standard InChI is InChI=1S/C19H17N3OS/c1-12-7-9-13(10-8-12)15-11-24-19-21-17(14-5-3-2-4-6-14)16(20)18(23)22(15)19/h2-11,16-17H,20H2,1H3/t16-,17+/m0/s1. The van der Waals surface area contributed by atoms with E-state index in [1.165, 1.54) is 17.3 Å². The quantitative estimate of drug-likeness (QED) is 0.916. The molecule has 0 fully saturated rings. The first-order valence-corrected chi connectivity index (χ1v) is 8.69. The van der Waals surface area contributed by atoms with Crippen molar-refractivity contribution in [3.63, 3.8) is 0 Å². The molecule has 0 bridgehead atoms. The monoisotopic (exact) mass is 335 g/mol. The molecule has 2 aliphatic rings. The summed E-state index contributed by atoms with van der Waals surface area (Å²) in [7, 11) is 0. The Hall–Kier alpha value is -2.37. The fourth-order valence-corrected chi connectivity index (χ4v) is 3.88. The summed E-state index contributed by atoms with van der Waals surface area (Å²) in [4.78, 5) is 19.3. The molecule has 0 radical (unpaired) electrons. The lowest BCUT2D eigenvalue weighted by Crippen LogP contribution is -2.50. The smallest absolute Gasteiger partial charge is 0.252 e. The van der Waals surface area contributed by atoms with Gasteiger partial charge in [-0.1, -0.05) is 71.9 Å². The summed E-state index contributed by atoms with van der Waals surface area (Å²) in [5, 5.41) is 2.67. The molecule has 2 N–H and O–H groups in total. The third kappa shape index (κ3) is 2.46. The van der Waals surface area contributed by atoms with Gasteiger partial charge in [0.15, 0.2) is 5.17 Å². The Balaban J connectivity index is 1.71. The van der Waals surface area contributed by atoms with Crippen molar-refractivity contribution in [2.24, 2.45) is 10.7 Å². The Morgan fingerprint density at radius 1 is 1.08 bits per heavy atom. The van der Waals surface area contributed by atoms with Crippen molar-refractivity contribution in [3.05, 3.63) is 76.7 Å². The van der Waals surface area contributed by atoms with Gasteiger partial charge in [-0.2, -0.15) is 0 Å². The van der Waals surface area contributed by atoms with Crippen LogP contribution >= 0.6 is 11.8 Å². The number of nitrogens with zero attached hydrogens (tertiary/aromatic N) is 2. The van der Waals surface area contributed by atoms with Crippen molar-refractivity contribution >= 4 is 28.5 Å². The summed E-state index contributed by atoms with van der Waals surface area (Å²) < 4.78 is 0. The Morgan fingerprint density at radius 3 is 2.50 bits per heavy atom. The van der Waals surface area contributed by atoms with E-state index >= 15 is 0 Å². The van der Waals surface area contributed by atoms with E-state index in [2.05, 4.69) is 0 Å². The van der Waals surface area contributed by atoms with Gasteiger partial charge in [0.1, 0.15) is 12.1 Å². The van der Waals surface area contributed by atoms with E-state index < -0.39 is 6.04 Å². The van der Waals surface area contributed by atoms with E-state index in [0.717, 1.165) is 16.8 Å². The molecule has 2 aromatic rings. The predicted molar refractivity (Wildman–Crippen MR) is 98.2 cm³/mol. The minimum absolute atomic E-state index is 0.106. The minimum atomic E-state index is -0.677. The molecular weight excluding hydrogens is 318 g/mol. The van der Waals surface area contributed by atoms with Crippen molar-refractivity contribution < 1.29 is 4.79 Å². The molecule has 0 saturated carbocycles. The van der Waals surface area contributed by atoms with Gasteiger partial charge in [-0.05, 0) is 18.1 Å². The molecule has 0 saturated heterocycles.